The summed E-state index contributed by atoms with van der Waals surface area (Å²) in [6.07, 6.45) is 2.34. The summed E-state index contributed by atoms with van der Waals surface area (Å²) < 4.78 is 11.2. The van der Waals surface area contributed by atoms with Crippen LogP contribution in [0.3, 0.4) is 0 Å². The molecule has 146 valence electrons. The number of hydrogen-bond donors (Lipinski definition) is 1. The number of hydrogen-bond acceptors (Lipinski definition) is 5. The van der Waals surface area contributed by atoms with Gasteiger partial charge in [0.15, 0.2) is 5.82 Å². The SMILES string of the molecule is Cc1cccc(OCCc2noc(C3CCCN3C(=O)NCC(C)C)n2)c1. The second kappa shape index (κ2) is 8.88. The molecule has 1 unspecified atom stereocenters. The zero-order chi connectivity index (χ0) is 19.2. The van der Waals surface area contributed by atoms with Gasteiger partial charge in [0.05, 0.1) is 6.61 Å². The van der Waals surface area contributed by atoms with Gasteiger partial charge in [-0.1, -0.05) is 31.1 Å². The third kappa shape index (κ3) is 5.21. The minimum absolute atomic E-state index is 0.0614. The van der Waals surface area contributed by atoms with Gasteiger partial charge in [0.1, 0.15) is 11.8 Å². The first kappa shape index (κ1) is 19.2. The van der Waals surface area contributed by atoms with Crippen LogP contribution in [-0.4, -0.2) is 40.8 Å². The summed E-state index contributed by atoms with van der Waals surface area (Å²) in [5.74, 6) is 2.37. The van der Waals surface area contributed by atoms with Crippen LogP contribution in [-0.2, 0) is 6.42 Å². The van der Waals surface area contributed by atoms with E-state index in [-0.39, 0.29) is 12.1 Å². The van der Waals surface area contributed by atoms with E-state index in [2.05, 4.69) is 29.3 Å². The minimum Gasteiger partial charge on any atom is -0.493 e. The van der Waals surface area contributed by atoms with Crippen molar-refractivity contribution in [2.45, 2.75) is 46.1 Å². The maximum absolute atomic E-state index is 12.4. The largest absolute Gasteiger partial charge is 0.493 e. The van der Waals surface area contributed by atoms with Crippen LogP contribution in [0.2, 0.25) is 0 Å². The zero-order valence-corrected chi connectivity index (χ0v) is 16.3. The van der Waals surface area contributed by atoms with E-state index in [0.29, 0.717) is 43.8 Å². The van der Waals surface area contributed by atoms with Gasteiger partial charge in [0.2, 0.25) is 5.89 Å². The second-order valence-corrected chi connectivity index (χ2v) is 7.40. The Kier molecular flexibility index (Phi) is 6.32. The summed E-state index contributed by atoms with van der Waals surface area (Å²) in [5.41, 5.74) is 1.16. The number of carbonyl (C=O) groups excluding carboxylic acids is 1. The fraction of sp³-hybridized carbons (Fsp3) is 0.550. The number of carbonyl (C=O) groups is 1. The fourth-order valence-corrected chi connectivity index (χ4v) is 3.13. The van der Waals surface area contributed by atoms with Crippen molar-refractivity contribution in [1.29, 1.82) is 0 Å². The topological polar surface area (TPSA) is 80.5 Å². The van der Waals surface area contributed by atoms with Crippen molar-refractivity contribution in [3.05, 3.63) is 41.5 Å². The number of nitrogens with one attached hydrogen (secondary N) is 1. The molecule has 0 aliphatic carbocycles. The van der Waals surface area contributed by atoms with Gasteiger partial charge in [-0.3, -0.25) is 0 Å². The number of aryl methyl sites for hydroxylation is 1. The molecule has 1 aliphatic heterocycles. The number of benzene rings is 1. The molecule has 1 aliphatic rings. The van der Waals surface area contributed by atoms with Crippen LogP contribution in [0.25, 0.3) is 0 Å². The maximum Gasteiger partial charge on any atom is 0.318 e. The Labute approximate surface area is 160 Å². The van der Waals surface area contributed by atoms with Crippen molar-refractivity contribution >= 4 is 6.03 Å². The van der Waals surface area contributed by atoms with Crippen molar-refractivity contribution in [1.82, 2.24) is 20.4 Å². The lowest BCUT2D eigenvalue weighted by molar-refractivity contribution is 0.179. The Morgan fingerprint density at radius 1 is 1.44 bits per heavy atom. The van der Waals surface area contributed by atoms with E-state index < -0.39 is 0 Å². The molecule has 1 aromatic heterocycles. The minimum atomic E-state index is -0.142. The molecular weight excluding hydrogens is 344 g/mol. The fourth-order valence-electron chi connectivity index (χ4n) is 3.13. The first-order valence-electron chi connectivity index (χ1n) is 9.59. The number of urea groups is 1. The lowest BCUT2D eigenvalue weighted by Gasteiger charge is -2.22. The Morgan fingerprint density at radius 3 is 3.07 bits per heavy atom. The lowest BCUT2D eigenvalue weighted by Crippen LogP contribution is -2.41. The molecule has 2 amide bonds. The van der Waals surface area contributed by atoms with Crippen molar-refractivity contribution in [3.63, 3.8) is 0 Å². The predicted octanol–water partition coefficient (Wildman–Crippen LogP) is 3.50. The smallest absolute Gasteiger partial charge is 0.318 e. The average Bonchev–Trinajstić information content (AvgIpc) is 3.28. The van der Waals surface area contributed by atoms with Crippen LogP contribution in [0.5, 0.6) is 5.75 Å². The Balaban J connectivity index is 1.53. The van der Waals surface area contributed by atoms with Crippen LogP contribution >= 0.6 is 0 Å². The summed E-state index contributed by atoms with van der Waals surface area (Å²) in [4.78, 5) is 18.7. The normalized spacial score (nSPS) is 16.7. The molecule has 0 saturated carbocycles. The number of aromatic nitrogens is 2. The molecule has 7 heteroatoms. The standard InChI is InChI=1S/C20H28N4O3/c1-14(2)13-21-20(25)24-10-5-8-17(24)19-22-18(23-27-19)9-11-26-16-7-4-6-15(3)12-16/h4,6-7,12,14,17H,5,8-11,13H2,1-3H3,(H,21,25). The summed E-state index contributed by atoms with van der Waals surface area (Å²) in [6.45, 7) is 8.03. The van der Waals surface area contributed by atoms with Gasteiger partial charge in [-0.05, 0) is 43.4 Å². The highest BCUT2D eigenvalue weighted by Crippen LogP contribution is 2.30. The van der Waals surface area contributed by atoms with Crippen LogP contribution in [0.4, 0.5) is 4.79 Å². The number of amides is 2. The third-order valence-electron chi connectivity index (χ3n) is 4.53. The summed E-state index contributed by atoms with van der Waals surface area (Å²) in [6, 6.07) is 7.72. The Bertz CT molecular complexity index is 759. The predicted molar refractivity (Wildman–Crippen MR) is 102 cm³/mol. The quantitative estimate of drug-likeness (QED) is 0.804. The molecule has 1 atom stereocenters. The van der Waals surface area contributed by atoms with Gasteiger partial charge in [-0.2, -0.15) is 4.98 Å². The molecule has 7 nitrogen and oxygen atoms in total. The lowest BCUT2D eigenvalue weighted by atomic mass is 10.2. The van der Waals surface area contributed by atoms with Crippen molar-refractivity contribution < 1.29 is 14.1 Å². The summed E-state index contributed by atoms with van der Waals surface area (Å²) >= 11 is 0. The molecule has 0 radical (unpaired) electrons. The Hall–Kier alpha value is -2.57. The first-order chi connectivity index (χ1) is 13.0. The zero-order valence-electron chi connectivity index (χ0n) is 16.3. The number of likely N-dealkylation sites (tertiary alicyclic amines) is 1. The summed E-state index contributed by atoms with van der Waals surface area (Å²) in [5, 5.41) is 7.02. The first-order valence-corrected chi connectivity index (χ1v) is 9.59. The molecular formula is C20H28N4O3. The van der Waals surface area contributed by atoms with Crippen LogP contribution in [0.15, 0.2) is 28.8 Å². The number of ether oxygens (including phenoxy) is 1. The third-order valence-corrected chi connectivity index (χ3v) is 4.53. The molecule has 0 bridgehead atoms. The average molecular weight is 372 g/mol. The summed E-state index contributed by atoms with van der Waals surface area (Å²) in [7, 11) is 0. The van der Waals surface area contributed by atoms with Gasteiger partial charge in [0.25, 0.3) is 0 Å². The highest BCUT2D eigenvalue weighted by atomic mass is 16.5. The highest BCUT2D eigenvalue weighted by molar-refractivity contribution is 5.74. The molecule has 0 spiro atoms. The monoisotopic (exact) mass is 372 g/mol. The van der Waals surface area contributed by atoms with Gasteiger partial charge in [-0.15, -0.1) is 0 Å². The van der Waals surface area contributed by atoms with Gasteiger partial charge in [0, 0.05) is 19.5 Å². The van der Waals surface area contributed by atoms with E-state index in [4.69, 9.17) is 9.26 Å². The van der Waals surface area contributed by atoms with E-state index in [1.807, 2.05) is 31.2 Å². The number of nitrogens with zero attached hydrogens (tertiary/aromatic N) is 3. The van der Waals surface area contributed by atoms with E-state index in [1.54, 1.807) is 4.90 Å². The molecule has 2 aromatic rings. The van der Waals surface area contributed by atoms with Crippen molar-refractivity contribution in [3.8, 4) is 5.75 Å². The van der Waals surface area contributed by atoms with Crippen LogP contribution in [0, 0.1) is 12.8 Å². The molecule has 27 heavy (non-hydrogen) atoms. The molecule has 1 aromatic carbocycles. The van der Waals surface area contributed by atoms with Crippen molar-refractivity contribution in [2.75, 3.05) is 19.7 Å². The van der Waals surface area contributed by atoms with E-state index in [9.17, 15) is 4.79 Å². The van der Waals surface area contributed by atoms with E-state index in [1.165, 1.54) is 0 Å². The second-order valence-electron chi connectivity index (χ2n) is 7.40. The van der Waals surface area contributed by atoms with Crippen LogP contribution in [0.1, 0.15) is 50.0 Å². The highest BCUT2D eigenvalue weighted by Gasteiger charge is 2.34. The molecule has 1 fully saturated rings. The molecule has 1 saturated heterocycles. The molecule has 2 heterocycles. The van der Waals surface area contributed by atoms with E-state index in [0.717, 1.165) is 24.2 Å². The molecule has 1 N–H and O–H groups in total. The van der Waals surface area contributed by atoms with Crippen LogP contribution < -0.4 is 10.1 Å². The number of rotatable bonds is 7. The maximum atomic E-state index is 12.4. The Morgan fingerprint density at radius 2 is 2.30 bits per heavy atom. The van der Waals surface area contributed by atoms with Gasteiger partial charge < -0.3 is 19.5 Å². The van der Waals surface area contributed by atoms with Crippen molar-refractivity contribution in [2.24, 2.45) is 5.92 Å². The molecule has 3 rings (SSSR count). The van der Waals surface area contributed by atoms with Gasteiger partial charge in [-0.25, -0.2) is 4.79 Å². The van der Waals surface area contributed by atoms with E-state index >= 15 is 0 Å². The van der Waals surface area contributed by atoms with Gasteiger partial charge >= 0.3 is 6.03 Å².